The first-order valence-corrected chi connectivity index (χ1v) is 10.7. The highest BCUT2D eigenvalue weighted by Crippen LogP contribution is 2.18. The van der Waals surface area contributed by atoms with Gasteiger partial charge in [0.05, 0.1) is 11.4 Å². The number of piperazine rings is 1. The van der Waals surface area contributed by atoms with Crippen LogP contribution in [0, 0.1) is 5.82 Å². The van der Waals surface area contributed by atoms with Gasteiger partial charge in [0.2, 0.25) is 21.8 Å². The smallest absolute Gasteiger partial charge is 0.243 e. The maximum absolute atomic E-state index is 13.3. The molecule has 1 saturated heterocycles. The maximum atomic E-state index is 13.3. The fraction of sp³-hybridized carbons (Fsp3) is 0.556. The first-order chi connectivity index (χ1) is 13.2. The summed E-state index contributed by atoms with van der Waals surface area (Å²) >= 11 is 0. The van der Waals surface area contributed by atoms with E-state index in [-0.39, 0.29) is 36.3 Å². The Hall–Kier alpha value is -2.04. The molecular weight excluding hydrogens is 387 g/mol. The van der Waals surface area contributed by atoms with E-state index in [1.165, 1.54) is 22.5 Å². The van der Waals surface area contributed by atoms with Crippen molar-refractivity contribution >= 4 is 21.8 Å². The Morgan fingerprint density at radius 3 is 2.50 bits per heavy atom. The van der Waals surface area contributed by atoms with Crippen molar-refractivity contribution in [3.63, 3.8) is 0 Å². The molecule has 0 unspecified atom stereocenters. The van der Waals surface area contributed by atoms with Crippen LogP contribution in [-0.2, 0) is 19.6 Å². The SMILES string of the molecule is CCCNC(=O)[C@H](C)NC(=O)CN1CCN(S(=O)(=O)c2cccc(F)c2)CC1. The van der Waals surface area contributed by atoms with E-state index in [4.69, 9.17) is 0 Å². The zero-order chi connectivity index (χ0) is 20.7. The van der Waals surface area contributed by atoms with E-state index in [9.17, 15) is 22.4 Å². The van der Waals surface area contributed by atoms with Gasteiger partial charge < -0.3 is 10.6 Å². The van der Waals surface area contributed by atoms with E-state index >= 15 is 0 Å². The standard InChI is InChI=1S/C18H27FN4O4S/c1-3-7-20-18(25)14(2)21-17(24)13-22-8-10-23(11-9-22)28(26,27)16-6-4-5-15(19)12-16/h4-6,12,14H,3,7-11,13H2,1-2H3,(H,20,25)(H,21,24)/t14-/m0/s1. The lowest BCUT2D eigenvalue weighted by molar-refractivity contribution is -0.129. The van der Waals surface area contributed by atoms with E-state index in [0.29, 0.717) is 19.6 Å². The Balaban J connectivity index is 1.83. The van der Waals surface area contributed by atoms with Crippen LogP contribution in [0.3, 0.4) is 0 Å². The second-order valence-corrected chi connectivity index (χ2v) is 8.66. The van der Waals surface area contributed by atoms with Crippen LogP contribution in [0.25, 0.3) is 0 Å². The van der Waals surface area contributed by atoms with E-state index in [1.54, 1.807) is 6.92 Å². The van der Waals surface area contributed by atoms with Crippen LogP contribution in [-0.4, -0.2) is 74.7 Å². The van der Waals surface area contributed by atoms with Crippen molar-refractivity contribution in [2.45, 2.75) is 31.2 Å². The lowest BCUT2D eigenvalue weighted by Crippen LogP contribution is -2.53. The average Bonchev–Trinajstić information content (AvgIpc) is 2.66. The van der Waals surface area contributed by atoms with Gasteiger partial charge in [0.1, 0.15) is 11.9 Å². The first-order valence-electron chi connectivity index (χ1n) is 9.29. The van der Waals surface area contributed by atoms with Gasteiger partial charge in [0.15, 0.2) is 0 Å². The molecule has 0 bridgehead atoms. The molecular formula is C18H27FN4O4S. The molecule has 0 radical (unpaired) electrons. The van der Waals surface area contributed by atoms with Crippen molar-refractivity contribution in [2.24, 2.45) is 0 Å². The second kappa shape index (κ2) is 9.94. The maximum Gasteiger partial charge on any atom is 0.243 e. The van der Waals surface area contributed by atoms with E-state index in [1.807, 2.05) is 11.8 Å². The van der Waals surface area contributed by atoms with Gasteiger partial charge in [-0.15, -0.1) is 0 Å². The molecule has 8 nitrogen and oxygen atoms in total. The van der Waals surface area contributed by atoms with Crippen LogP contribution in [0.5, 0.6) is 0 Å². The zero-order valence-corrected chi connectivity index (χ0v) is 17.0. The number of amides is 2. The Morgan fingerprint density at radius 2 is 1.89 bits per heavy atom. The first kappa shape index (κ1) is 22.3. The zero-order valence-electron chi connectivity index (χ0n) is 16.2. The molecule has 2 rings (SSSR count). The van der Waals surface area contributed by atoms with Gasteiger partial charge in [0, 0.05) is 32.7 Å². The van der Waals surface area contributed by atoms with Gasteiger partial charge in [-0.1, -0.05) is 13.0 Å². The summed E-state index contributed by atoms with van der Waals surface area (Å²) in [5, 5.41) is 5.36. The monoisotopic (exact) mass is 414 g/mol. The number of carbonyl (C=O) groups is 2. The molecule has 2 N–H and O–H groups in total. The third-order valence-corrected chi connectivity index (χ3v) is 6.35. The van der Waals surface area contributed by atoms with Gasteiger partial charge in [-0.3, -0.25) is 14.5 Å². The van der Waals surface area contributed by atoms with E-state index < -0.39 is 21.9 Å². The average molecular weight is 415 g/mol. The van der Waals surface area contributed by atoms with Crippen molar-refractivity contribution in [3.05, 3.63) is 30.1 Å². The number of nitrogens with one attached hydrogen (secondary N) is 2. The van der Waals surface area contributed by atoms with E-state index in [2.05, 4.69) is 10.6 Å². The number of hydrogen-bond donors (Lipinski definition) is 2. The predicted molar refractivity (Wildman–Crippen MR) is 103 cm³/mol. The summed E-state index contributed by atoms with van der Waals surface area (Å²) in [6.45, 7) is 5.36. The molecule has 1 aromatic rings. The molecule has 0 spiro atoms. The summed E-state index contributed by atoms with van der Waals surface area (Å²) in [7, 11) is -3.76. The molecule has 1 atom stereocenters. The quantitative estimate of drug-likeness (QED) is 0.632. The van der Waals surface area contributed by atoms with Crippen molar-refractivity contribution in [1.29, 1.82) is 0 Å². The number of benzene rings is 1. The van der Waals surface area contributed by atoms with Crippen LogP contribution in [0.4, 0.5) is 4.39 Å². The normalized spacial score (nSPS) is 17.1. The molecule has 1 heterocycles. The van der Waals surface area contributed by atoms with Crippen molar-refractivity contribution < 1.29 is 22.4 Å². The summed E-state index contributed by atoms with van der Waals surface area (Å²) in [5.74, 6) is -1.13. The highest BCUT2D eigenvalue weighted by Gasteiger charge is 2.29. The van der Waals surface area contributed by atoms with Crippen molar-refractivity contribution in [3.8, 4) is 0 Å². The fourth-order valence-corrected chi connectivity index (χ4v) is 4.32. The summed E-state index contributed by atoms with van der Waals surface area (Å²) in [5.41, 5.74) is 0. The molecule has 28 heavy (non-hydrogen) atoms. The van der Waals surface area contributed by atoms with Gasteiger partial charge in [0.25, 0.3) is 0 Å². The van der Waals surface area contributed by atoms with Crippen LogP contribution >= 0.6 is 0 Å². The van der Waals surface area contributed by atoms with Crippen molar-refractivity contribution in [2.75, 3.05) is 39.3 Å². The molecule has 0 aromatic heterocycles. The molecule has 0 saturated carbocycles. The minimum absolute atomic E-state index is 0.0781. The van der Waals surface area contributed by atoms with Crippen LogP contribution in [0.2, 0.25) is 0 Å². The van der Waals surface area contributed by atoms with Gasteiger partial charge in [-0.2, -0.15) is 4.31 Å². The molecule has 156 valence electrons. The third-order valence-electron chi connectivity index (χ3n) is 4.45. The van der Waals surface area contributed by atoms with Crippen LogP contribution in [0.15, 0.2) is 29.2 Å². The highest BCUT2D eigenvalue weighted by atomic mass is 32.2. The number of carbonyl (C=O) groups excluding carboxylic acids is 2. The third kappa shape index (κ3) is 5.98. The van der Waals surface area contributed by atoms with E-state index in [0.717, 1.165) is 12.5 Å². The van der Waals surface area contributed by atoms with Crippen LogP contribution < -0.4 is 10.6 Å². The fourth-order valence-electron chi connectivity index (χ4n) is 2.86. The van der Waals surface area contributed by atoms with Gasteiger partial charge in [-0.25, -0.2) is 12.8 Å². The molecule has 1 aromatic carbocycles. The molecule has 1 aliphatic heterocycles. The summed E-state index contributed by atoms with van der Waals surface area (Å²) in [6, 6.07) is 4.29. The molecule has 2 amide bonds. The number of halogens is 1. The Morgan fingerprint density at radius 1 is 1.21 bits per heavy atom. The largest absolute Gasteiger partial charge is 0.354 e. The van der Waals surface area contributed by atoms with Gasteiger partial charge in [-0.05, 0) is 31.5 Å². The Bertz CT molecular complexity index is 795. The number of nitrogens with zero attached hydrogens (tertiary/aromatic N) is 2. The number of hydrogen-bond acceptors (Lipinski definition) is 5. The molecule has 1 aliphatic rings. The molecule has 1 fully saturated rings. The summed E-state index contributed by atoms with van der Waals surface area (Å²) in [4.78, 5) is 25.7. The van der Waals surface area contributed by atoms with Crippen LogP contribution in [0.1, 0.15) is 20.3 Å². The Labute approximate surface area is 165 Å². The second-order valence-electron chi connectivity index (χ2n) is 6.72. The number of sulfonamides is 1. The predicted octanol–water partition coefficient (Wildman–Crippen LogP) is 0.163. The topological polar surface area (TPSA) is 98.8 Å². The summed E-state index contributed by atoms with van der Waals surface area (Å²) in [6.07, 6.45) is 0.815. The van der Waals surface area contributed by atoms with Crippen molar-refractivity contribution in [1.82, 2.24) is 19.8 Å². The minimum atomic E-state index is -3.76. The van der Waals surface area contributed by atoms with Gasteiger partial charge >= 0.3 is 0 Å². The lowest BCUT2D eigenvalue weighted by atomic mass is 10.3. The highest BCUT2D eigenvalue weighted by molar-refractivity contribution is 7.89. The summed E-state index contributed by atoms with van der Waals surface area (Å²) < 4.78 is 39.8. The lowest BCUT2D eigenvalue weighted by Gasteiger charge is -2.33. The Kier molecular flexibility index (Phi) is 7.90. The molecule has 0 aliphatic carbocycles. The molecule has 10 heteroatoms. The number of rotatable bonds is 8. The minimum Gasteiger partial charge on any atom is -0.354 e.